The summed E-state index contributed by atoms with van der Waals surface area (Å²) in [5, 5.41) is 8.75. The zero-order chi connectivity index (χ0) is 15.9. The average molecular weight is 370 g/mol. The van der Waals surface area contributed by atoms with Gasteiger partial charge in [-0.15, -0.1) is 0 Å². The Bertz CT molecular complexity index is 517. The lowest BCUT2D eigenvalue weighted by Crippen LogP contribution is -2.42. The number of piperidine rings is 1. The van der Waals surface area contributed by atoms with Crippen molar-refractivity contribution in [3.63, 3.8) is 0 Å². The molecule has 120 valence electrons. The van der Waals surface area contributed by atoms with Crippen molar-refractivity contribution < 1.29 is 19.4 Å². The van der Waals surface area contributed by atoms with Gasteiger partial charge < -0.3 is 14.7 Å². The van der Waals surface area contributed by atoms with Crippen LogP contribution in [-0.2, 0) is 9.59 Å². The van der Waals surface area contributed by atoms with Gasteiger partial charge in [-0.1, -0.05) is 15.9 Å². The van der Waals surface area contributed by atoms with E-state index in [1.54, 1.807) is 4.90 Å². The second kappa shape index (κ2) is 8.17. The molecule has 1 saturated heterocycles. The van der Waals surface area contributed by atoms with E-state index in [0.29, 0.717) is 18.7 Å². The molecule has 2 rings (SSSR count). The van der Waals surface area contributed by atoms with Gasteiger partial charge in [-0.05, 0) is 49.4 Å². The van der Waals surface area contributed by atoms with Crippen molar-refractivity contribution in [2.45, 2.75) is 25.7 Å². The minimum Gasteiger partial charge on any atom is -0.484 e. The van der Waals surface area contributed by atoms with E-state index in [-0.39, 0.29) is 24.9 Å². The molecule has 0 aliphatic carbocycles. The lowest BCUT2D eigenvalue weighted by atomic mass is 9.93. The topological polar surface area (TPSA) is 66.8 Å². The number of hydrogen-bond donors (Lipinski definition) is 1. The Balaban J connectivity index is 1.78. The molecule has 0 spiro atoms. The van der Waals surface area contributed by atoms with Crippen molar-refractivity contribution >= 4 is 27.8 Å². The summed E-state index contributed by atoms with van der Waals surface area (Å²) in [5.74, 6) is 0.127. The SMILES string of the molecule is O=C(O)CC[C@@H]1CCCN(C(=O)COc2ccc(Br)cc2)C1. The summed E-state index contributed by atoms with van der Waals surface area (Å²) < 4.78 is 6.46. The third-order valence-electron chi connectivity index (χ3n) is 3.81. The number of ether oxygens (including phenoxy) is 1. The van der Waals surface area contributed by atoms with Gasteiger partial charge in [-0.2, -0.15) is 0 Å². The van der Waals surface area contributed by atoms with Crippen LogP contribution in [0.4, 0.5) is 0 Å². The van der Waals surface area contributed by atoms with Gasteiger partial charge in [0.05, 0.1) is 0 Å². The molecule has 1 aromatic carbocycles. The first-order chi connectivity index (χ1) is 10.5. The van der Waals surface area contributed by atoms with Gasteiger partial charge in [0.2, 0.25) is 0 Å². The van der Waals surface area contributed by atoms with Crippen LogP contribution in [0.3, 0.4) is 0 Å². The minimum atomic E-state index is -0.776. The fourth-order valence-electron chi connectivity index (χ4n) is 2.62. The summed E-state index contributed by atoms with van der Waals surface area (Å²) in [5.41, 5.74) is 0. The van der Waals surface area contributed by atoms with E-state index >= 15 is 0 Å². The Labute approximate surface area is 138 Å². The number of carboxylic acids is 1. The lowest BCUT2D eigenvalue weighted by Gasteiger charge is -2.32. The van der Waals surface area contributed by atoms with Crippen LogP contribution in [0.1, 0.15) is 25.7 Å². The standard InChI is InChI=1S/C16H20BrNO4/c17-13-4-6-14(7-5-13)22-11-15(19)18-9-1-2-12(10-18)3-8-16(20)21/h4-7,12H,1-3,8-11H2,(H,20,21)/t12-/m0/s1. The number of aliphatic carboxylic acids is 1. The maximum absolute atomic E-state index is 12.2. The third kappa shape index (κ3) is 5.33. The lowest BCUT2D eigenvalue weighted by molar-refractivity contribution is -0.137. The largest absolute Gasteiger partial charge is 0.484 e. The molecule has 5 nitrogen and oxygen atoms in total. The molecule has 1 aliphatic rings. The Morgan fingerprint density at radius 2 is 2.05 bits per heavy atom. The second-order valence-electron chi connectivity index (χ2n) is 5.52. The number of benzene rings is 1. The Kier molecular flexibility index (Phi) is 6.24. The number of hydrogen-bond acceptors (Lipinski definition) is 3. The summed E-state index contributed by atoms with van der Waals surface area (Å²) >= 11 is 3.35. The van der Waals surface area contributed by atoms with Crippen LogP contribution in [0.5, 0.6) is 5.75 Å². The predicted octanol–water partition coefficient (Wildman–Crippen LogP) is 2.93. The summed E-state index contributed by atoms with van der Waals surface area (Å²) in [6.45, 7) is 1.38. The van der Waals surface area contributed by atoms with Crippen LogP contribution in [0.25, 0.3) is 0 Å². The van der Waals surface area contributed by atoms with Crippen molar-refractivity contribution in [1.82, 2.24) is 4.90 Å². The van der Waals surface area contributed by atoms with E-state index in [1.165, 1.54) is 0 Å². The molecule has 1 heterocycles. The highest BCUT2D eigenvalue weighted by Crippen LogP contribution is 2.21. The molecule has 1 fully saturated rings. The summed E-state index contributed by atoms with van der Waals surface area (Å²) in [6, 6.07) is 7.34. The van der Waals surface area contributed by atoms with Crippen molar-refractivity contribution in [3.05, 3.63) is 28.7 Å². The maximum atomic E-state index is 12.2. The number of carbonyl (C=O) groups excluding carboxylic acids is 1. The van der Waals surface area contributed by atoms with Crippen LogP contribution in [-0.4, -0.2) is 41.6 Å². The maximum Gasteiger partial charge on any atom is 0.303 e. The van der Waals surface area contributed by atoms with Crippen molar-refractivity contribution in [2.75, 3.05) is 19.7 Å². The molecule has 1 aliphatic heterocycles. The number of carboxylic acid groups (broad SMARTS) is 1. The monoisotopic (exact) mass is 369 g/mol. The summed E-state index contributed by atoms with van der Waals surface area (Å²) in [7, 11) is 0. The molecule has 0 saturated carbocycles. The molecule has 0 aromatic heterocycles. The van der Waals surface area contributed by atoms with Crippen LogP contribution in [0.15, 0.2) is 28.7 Å². The number of nitrogens with zero attached hydrogens (tertiary/aromatic N) is 1. The highest BCUT2D eigenvalue weighted by atomic mass is 79.9. The molecule has 1 amide bonds. The highest BCUT2D eigenvalue weighted by Gasteiger charge is 2.24. The molecular weight excluding hydrogens is 350 g/mol. The first kappa shape index (κ1) is 16.8. The number of likely N-dealkylation sites (tertiary alicyclic amines) is 1. The van der Waals surface area contributed by atoms with E-state index in [4.69, 9.17) is 9.84 Å². The smallest absolute Gasteiger partial charge is 0.303 e. The van der Waals surface area contributed by atoms with Gasteiger partial charge in [-0.25, -0.2) is 0 Å². The normalized spacial score (nSPS) is 18.0. The zero-order valence-electron chi connectivity index (χ0n) is 12.3. The molecule has 1 aromatic rings. The van der Waals surface area contributed by atoms with Crippen molar-refractivity contribution in [3.8, 4) is 5.75 Å². The van der Waals surface area contributed by atoms with E-state index in [2.05, 4.69) is 15.9 Å². The van der Waals surface area contributed by atoms with Gasteiger partial charge in [0.25, 0.3) is 5.91 Å². The zero-order valence-corrected chi connectivity index (χ0v) is 13.9. The van der Waals surface area contributed by atoms with Gasteiger partial charge in [0, 0.05) is 24.0 Å². The quantitative estimate of drug-likeness (QED) is 0.836. The van der Waals surface area contributed by atoms with Crippen LogP contribution >= 0.6 is 15.9 Å². The number of amides is 1. The first-order valence-electron chi connectivity index (χ1n) is 7.42. The molecule has 1 atom stereocenters. The first-order valence-corrected chi connectivity index (χ1v) is 8.22. The molecule has 6 heteroatoms. The van der Waals surface area contributed by atoms with Crippen molar-refractivity contribution in [1.29, 1.82) is 0 Å². The van der Waals surface area contributed by atoms with Gasteiger partial charge in [0.1, 0.15) is 5.75 Å². The number of carbonyl (C=O) groups is 2. The highest BCUT2D eigenvalue weighted by molar-refractivity contribution is 9.10. The van der Waals surface area contributed by atoms with Crippen LogP contribution in [0.2, 0.25) is 0 Å². The molecular formula is C16H20BrNO4. The summed E-state index contributed by atoms with van der Waals surface area (Å²) in [4.78, 5) is 24.6. The molecule has 0 radical (unpaired) electrons. The van der Waals surface area contributed by atoms with E-state index < -0.39 is 5.97 Å². The third-order valence-corrected chi connectivity index (χ3v) is 4.34. The number of halogens is 1. The molecule has 22 heavy (non-hydrogen) atoms. The van der Waals surface area contributed by atoms with Gasteiger partial charge in [-0.3, -0.25) is 9.59 Å². The fourth-order valence-corrected chi connectivity index (χ4v) is 2.89. The second-order valence-corrected chi connectivity index (χ2v) is 6.44. The molecule has 0 unspecified atom stereocenters. The predicted molar refractivity (Wildman–Crippen MR) is 85.8 cm³/mol. The van der Waals surface area contributed by atoms with Crippen LogP contribution in [0, 0.1) is 5.92 Å². The van der Waals surface area contributed by atoms with Gasteiger partial charge in [0.15, 0.2) is 6.61 Å². The average Bonchev–Trinajstić information content (AvgIpc) is 2.52. The number of rotatable bonds is 6. The van der Waals surface area contributed by atoms with E-state index in [0.717, 1.165) is 23.9 Å². The van der Waals surface area contributed by atoms with E-state index in [1.807, 2.05) is 24.3 Å². The molecule has 0 bridgehead atoms. The molecule has 1 N–H and O–H groups in total. The Morgan fingerprint density at radius 1 is 1.32 bits per heavy atom. The Hall–Kier alpha value is -1.56. The Morgan fingerprint density at radius 3 is 2.73 bits per heavy atom. The van der Waals surface area contributed by atoms with Crippen molar-refractivity contribution in [2.24, 2.45) is 5.92 Å². The van der Waals surface area contributed by atoms with E-state index in [9.17, 15) is 9.59 Å². The summed E-state index contributed by atoms with van der Waals surface area (Å²) in [6.07, 6.45) is 2.72. The van der Waals surface area contributed by atoms with Gasteiger partial charge >= 0.3 is 5.97 Å². The fraction of sp³-hybridized carbons (Fsp3) is 0.500. The van der Waals surface area contributed by atoms with Crippen LogP contribution < -0.4 is 4.74 Å². The minimum absolute atomic E-state index is 0.0211.